The summed E-state index contributed by atoms with van der Waals surface area (Å²) in [5.74, 6) is 0.167. The number of hydrogen-bond acceptors (Lipinski definition) is 5. The van der Waals surface area contributed by atoms with E-state index in [9.17, 15) is 9.90 Å². The van der Waals surface area contributed by atoms with Gasteiger partial charge in [0, 0.05) is 12.6 Å². The van der Waals surface area contributed by atoms with E-state index in [1.54, 1.807) is 0 Å². The molecule has 0 spiro atoms. The van der Waals surface area contributed by atoms with Crippen molar-refractivity contribution in [3.63, 3.8) is 0 Å². The molecule has 0 amide bonds. The molecule has 1 aliphatic rings. The molecular weight excluding hydrogens is 210 g/mol. The molecule has 2 rings (SSSR count). The van der Waals surface area contributed by atoms with Crippen molar-refractivity contribution in [2.24, 2.45) is 0 Å². The van der Waals surface area contributed by atoms with Gasteiger partial charge in [0.05, 0.1) is 6.10 Å². The van der Waals surface area contributed by atoms with Crippen LogP contribution in [-0.2, 0) is 4.74 Å². The zero-order valence-electron chi connectivity index (χ0n) is 9.04. The van der Waals surface area contributed by atoms with Crippen molar-refractivity contribution in [3.8, 4) is 0 Å². The van der Waals surface area contributed by atoms with E-state index >= 15 is 0 Å². The number of aliphatic hydroxyl groups excluding tert-OH is 1. The van der Waals surface area contributed by atoms with Crippen LogP contribution >= 0.6 is 0 Å². The van der Waals surface area contributed by atoms with E-state index < -0.39 is 18.0 Å². The third kappa shape index (κ3) is 1.94. The lowest BCUT2D eigenvalue weighted by atomic mass is 10.1. The van der Waals surface area contributed by atoms with E-state index in [0.717, 1.165) is 6.42 Å². The van der Waals surface area contributed by atoms with Crippen molar-refractivity contribution in [3.05, 3.63) is 22.7 Å². The normalized spacial score (nSPS) is 29.5. The van der Waals surface area contributed by atoms with E-state index in [1.807, 2.05) is 6.92 Å². The topological polar surface area (TPSA) is 90.4 Å². The highest BCUT2D eigenvalue weighted by Crippen LogP contribution is 2.29. The Hall–Kier alpha value is -1.40. The molecule has 1 saturated heterocycles. The summed E-state index contributed by atoms with van der Waals surface area (Å²) in [5, 5.41) is 9.79. The molecule has 1 aromatic heterocycles. The van der Waals surface area contributed by atoms with Gasteiger partial charge < -0.3 is 15.6 Å². The number of nitrogens with two attached hydrogens (primary N) is 1. The van der Waals surface area contributed by atoms with Crippen LogP contribution in [0.1, 0.15) is 26.0 Å². The predicted molar refractivity (Wildman–Crippen MR) is 57.7 cm³/mol. The van der Waals surface area contributed by atoms with Gasteiger partial charge in [0.1, 0.15) is 11.9 Å². The van der Waals surface area contributed by atoms with Crippen LogP contribution < -0.4 is 11.4 Å². The minimum absolute atomic E-state index is 0.00977. The average molecular weight is 225 g/mol. The van der Waals surface area contributed by atoms with E-state index in [4.69, 9.17) is 10.5 Å². The fraction of sp³-hybridized carbons (Fsp3) is 0.600. The maximum atomic E-state index is 11.5. The molecule has 16 heavy (non-hydrogen) atoms. The van der Waals surface area contributed by atoms with Crippen molar-refractivity contribution in [2.75, 3.05) is 5.73 Å². The van der Waals surface area contributed by atoms with Crippen molar-refractivity contribution in [2.45, 2.75) is 38.2 Å². The Morgan fingerprint density at radius 2 is 2.50 bits per heavy atom. The second-order valence-electron chi connectivity index (χ2n) is 3.90. The van der Waals surface area contributed by atoms with Crippen LogP contribution in [-0.4, -0.2) is 26.9 Å². The SMILES string of the molecule is CCC1CC(O)C(n2ccc(N)nc2=O)O1. The number of aliphatic hydroxyl groups is 1. The monoisotopic (exact) mass is 225 g/mol. The van der Waals surface area contributed by atoms with E-state index in [-0.39, 0.29) is 11.9 Å². The van der Waals surface area contributed by atoms with Crippen LogP contribution in [0.2, 0.25) is 0 Å². The molecule has 2 heterocycles. The molecule has 0 saturated carbocycles. The molecule has 3 N–H and O–H groups in total. The van der Waals surface area contributed by atoms with E-state index in [2.05, 4.69) is 4.98 Å². The molecule has 0 bridgehead atoms. The molecule has 1 aliphatic heterocycles. The molecule has 3 atom stereocenters. The summed E-state index contributed by atoms with van der Waals surface area (Å²) in [6, 6.07) is 1.51. The number of anilines is 1. The second-order valence-corrected chi connectivity index (χ2v) is 3.90. The van der Waals surface area contributed by atoms with Gasteiger partial charge in [0.2, 0.25) is 0 Å². The van der Waals surface area contributed by atoms with Gasteiger partial charge in [0.25, 0.3) is 0 Å². The van der Waals surface area contributed by atoms with Crippen LogP contribution in [0.5, 0.6) is 0 Å². The predicted octanol–water partition coefficient (Wildman–Crippen LogP) is -0.116. The largest absolute Gasteiger partial charge is 0.388 e. The molecule has 6 heteroatoms. The summed E-state index contributed by atoms with van der Waals surface area (Å²) in [6.45, 7) is 1.98. The maximum absolute atomic E-state index is 11.5. The summed E-state index contributed by atoms with van der Waals surface area (Å²) >= 11 is 0. The third-order valence-electron chi connectivity index (χ3n) is 2.75. The van der Waals surface area contributed by atoms with Crippen LogP contribution in [0.15, 0.2) is 17.1 Å². The van der Waals surface area contributed by atoms with Crippen molar-refractivity contribution in [1.29, 1.82) is 0 Å². The average Bonchev–Trinajstić information content (AvgIpc) is 2.60. The lowest BCUT2D eigenvalue weighted by Gasteiger charge is -2.16. The Labute approximate surface area is 92.7 Å². The van der Waals surface area contributed by atoms with Gasteiger partial charge in [-0.1, -0.05) is 6.92 Å². The summed E-state index contributed by atoms with van der Waals surface area (Å²) in [5.41, 5.74) is 4.89. The first-order chi connectivity index (χ1) is 7.61. The molecule has 1 aromatic rings. The van der Waals surface area contributed by atoms with Crippen LogP contribution in [0.3, 0.4) is 0 Å². The molecule has 88 valence electrons. The van der Waals surface area contributed by atoms with E-state index in [0.29, 0.717) is 6.42 Å². The smallest absolute Gasteiger partial charge is 0.351 e. The Kier molecular flexibility index (Phi) is 2.93. The molecular formula is C10H15N3O3. The van der Waals surface area contributed by atoms with Gasteiger partial charge in [-0.2, -0.15) is 4.98 Å². The van der Waals surface area contributed by atoms with Gasteiger partial charge in [0.15, 0.2) is 6.23 Å². The fourth-order valence-electron chi connectivity index (χ4n) is 1.86. The van der Waals surface area contributed by atoms with Crippen molar-refractivity contribution < 1.29 is 9.84 Å². The highest BCUT2D eigenvalue weighted by atomic mass is 16.5. The number of hydrogen-bond donors (Lipinski definition) is 2. The Morgan fingerprint density at radius 1 is 1.75 bits per heavy atom. The lowest BCUT2D eigenvalue weighted by molar-refractivity contribution is -0.0403. The Morgan fingerprint density at radius 3 is 3.06 bits per heavy atom. The molecule has 0 aliphatic carbocycles. The van der Waals surface area contributed by atoms with Crippen LogP contribution in [0, 0.1) is 0 Å². The molecule has 6 nitrogen and oxygen atoms in total. The number of nitrogen functional groups attached to an aromatic ring is 1. The van der Waals surface area contributed by atoms with Gasteiger partial charge in [-0.05, 0) is 12.5 Å². The Bertz CT molecular complexity index is 432. The van der Waals surface area contributed by atoms with Gasteiger partial charge >= 0.3 is 5.69 Å². The Balaban J connectivity index is 2.28. The zero-order chi connectivity index (χ0) is 11.7. The summed E-state index contributed by atoms with van der Waals surface area (Å²) < 4.78 is 6.84. The van der Waals surface area contributed by atoms with Gasteiger partial charge in [-0.25, -0.2) is 4.79 Å². The third-order valence-corrected chi connectivity index (χ3v) is 2.75. The minimum atomic E-state index is -0.673. The standard InChI is InChI=1S/C10H15N3O3/c1-2-6-5-7(14)9(16-6)13-4-3-8(11)12-10(13)15/h3-4,6-7,9,14H,2,5H2,1H3,(H2,11,12,15). The molecule has 3 unspecified atom stereocenters. The number of ether oxygens (including phenoxy) is 1. The summed E-state index contributed by atoms with van der Waals surface area (Å²) in [4.78, 5) is 15.1. The fourth-order valence-corrected chi connectivity index (χ4v) is 1.86. The van der Waals surface area contributed by atoms with Gasteiger partial charge in [-0.3, -0.25) is 4.57 Å². The first kappa shape index (κ1) is 11.1. The van der Waals surface area contributed by atoms with E-state index in [1.165, 1.54) is 16.8 Å². The molecule has 0 aromatic carbocycles. The second kappa shape index (κ2) is 4.23. The lowest BCUT2D eigenvalue weighted by Crippen LogP contribution is -2.31. The quantitative estimate of drug-likeness (QED) is 0.732. The highest BCUT2D eigenvalue weighted by molar-refractivity contribution is 5.23. The van der Waals surface area contributed by atoms with Crippen LogP contribution in [0.4, 0.5) is 5.82 Å². The number of aromatic nitrogens is 2. The maximum Gasteiger partial charge on any atom is 0.351 e. The zero-order valence-corrected chi connectivity index (χ0v) is 9.04. The summed E-state index contributed by atoms with van der Waals surface area (Å²) in [7, 11) is 0. The van der Waals surface area contributed by atoms with Gasteiger partial charge in [-0.15, -0.1) is 0 Å². The summed E-state index contributed by atoms with van der Waals surface area (Å²) in [6.07, 6.45) is 1.52. The first-order valence-electron chi connectivity index (χ1n) is 5.30. The molecule has 0 radical (unpaired) electrons. The molecule has 1 fully saturated rings. The number of rotatable bonds is 2. The first-order valence-corrected chi connectivity index (χ1v) is 5.30. The van der Waals surface area contributed by atoms with Crippen LogP contribution in [0.25, 0.3) is 0 Å². The van der Waals surface area contributed by atoms with Crippen molar-refractivity contribution >= 4 is 5.82 Å². The minimum Gasteiger partial charge on any atom is -0.388 e. The van der Waals surface area contributed by atoms with Crippen molar-refractivity contribution in [1.82, 2.24) is 9.55 Å². The number of nitrogens with zero attached hydrogens (tertiary/aromatic N) is 2. The highest BCUT2D eigenvalue weighted by Gasteiger charge is 2.34.